The Kier molecular flexibility index (Phi) is 9.77. The number of likely N-dealkylation sites (tertiary alicyclic amines) is 2. The van der Waals surface area contributed by atoms with Gasteiger partial charge in [-0.3, -0.25) is 14.5 Å². The number of carbonyl (C=O) groups excluding carboxylic acids is 2. The zero-order chi connectivity index (χ0) is 28.6. The molecule has 0 bridgehead atoms. The van der Waals surface area contributed by atoms with Gasteiger partial charge < -0.3 is 10.2 Å². The van der Waals surface area contributed by atoms with Crippen molar-refractivity contribution in [1.82, 2.24) is 15.2 Å². The topological polar surface area (TPSA) is 77.0 Å². The number of rotatable bonds is 8. The largest absolute Gasteiger partial charge is 0.321 e. The van der Waals surface area contributed by atoms with Crippen LogP contribution in [0.1, 0.15) is 63.9 Å². The first-order valence-corrected chi connectivity index (χ1v) is 14.6. The van der Waals surface area contributed by atoms with E-state index in [1.54, 1.807) is 30.3 Å². The molecule has 41 heavy (non-hydrogen) atoms. The number of anilines is 1. The molecule has 2 heterocycles. The van der Waals surface area contributed by atoms with Gasteiger partial charge in [0.1, 0.15) is 5.82 Å². The Bertz CT molecular complexity index is 1380. The lowest BCUT2D eigenvalue weighted by molar-refractivity contribution is 0.0896. The van der Waals surface area contributed by atoms with E-state index in [4.69, 9.17) is 11.6 Å². The van der Waals surface area contributed by atoms with E-state index in [1.807, 2.05) is 18.2 Å². The molecule has 2 fully saturated rings. The maximum Gasteiger partial charge on any atom is 0.273 e. The Morgan fingerprint density at radius 2 is 1.68 bits per heavy atom. The van der Waals surface area contributed by atoms with E-state index < -0.39 is 5.91 Å². The Morgan fingerprint density at radius 1 is 0.927 bits per heavy atom. The molecule has 3 aromatic rings. The molecule has 0 aromatic heterocycles. The Morgan fingerprint density at radius 3 is 2.44 bits per heavy atom. The molecule has 0 unspecified atom stereocenters. The fraction of sp³-hybridized carbons (Fsp3) is 0.344. The molecule has 0 aliphatic carbocycles. The maximum absolute atomic E-state index is 13.2. The standard InChI is InChI=1S/C32H35ClFN5O2/c33-26-9-12-30(29(20-26)32(41)37-35-21-23-7-10-27(34)11-8-23)36-31(40)25-6-4-5-24(19-25)22-38-17-13-28(14-18-38)39-15-2-1-3-16-39/h4-12,19-21,28H,1-3,13-18,22H2,(H,36,40)(H,37,41)/b35-21+. The summed E-state index contributed by atoms with van der Waals surface area (Å²) in [5.74, 6) is -1.21. The van der Waals surface area contributed by atoms with Gasteiger partial charge in [-0.15, -0.1) is 0 Å². The molecule has 2 N–H and O–H groups in total. The van der Waals surface area contributed by atoms with Crippen LogP contribution >= 0.6 is 11.6 Å². The van der Waals surface area contributed by atoms with Crippen LogP contribution in [0, 0.1) is 5.82 Å². The van der Waals surface area contributed by atoms with Crippen LogP contribution in [0.4, 0.5) is 10.1 Å². The molecule has 214 valence electrons. The number of nitrogens with one attached hydrogen (secondary N) is 2. The van der Waals surface area contributed by atoms with Crippen molar-refractivity contribution in [2.75, 3.05) is 31.5 Å². The molecule has 0 saturated carbocycles. The normalized spacial score (nSPS) is 17.0. The molecule has 7 nitrogen and oxygen atoms in total. The zero-order valence-corrected chi connectivity index (χ0v) is 23.7. The first kappa shape index (κ1) is 28.9. The summed E-state index contributed by atoms with van der Waals surface area (Å²) in [5, 5.41) is 7.14. The van der Waals surface area contributed by atoms with Crippen molar-refractivity contribution in [3.63, 3.8) is 0 Å². The molecular weight excluding hydrogens is 541 g/mol. The summed E-state index contributed by atoms with van der Waals surface area (Å²) in [6.45, 7) is 5.40. The highest BCUT2D eigenvalue weighted by Gasteiger charge is 2.25. The number of hydrogen-bond acceptors (Lipinski definition) is 5. The fourth-order valence-electron chi connectivity index (χ4n) is 5.58. The van der Waals surface area contributed by atoms with Crippen LogP contribution in [0.25, 0.3) is 0 Å². The minimum atomic E-state index is -0.539. The van der Waals surface area contributed by atoms with E-state index in [2.05, 4.69) is 25.6 Å². The van der Waals surface area contributed by atoms with Crippen LogP contribution in [0.3, 0.4) is 0 Å². The van der Waals surface area contributed by atoms with Crippen molar-refractivity contribution in [2.24, 2.45) is 5.10 Å². The molecule has 2 aliphatic heterocycles. The van der Waals surface area contributed by atoms with Gasteiger partial charge >= 0.3 is 0 Å². The average molecular weight is 576 g/mol. The predicted octanol–water partition coefficient (Wildman–Crippen LogP) is 5.95. The van der Waals surface area contributed by atoms with Gasteiger partial charge in [-0.2, -0.15) is 5.10 Å². The number of benzene rings is 3. The Hall–Kier alpha value is -3.59. The van der Waals surface area contributed by atoms with Crippen molar-refractivity contribution in [3.05, 3.63) is 99.8 Å². The van der Waals surface area contributed by atoms with Crippen molar-refractivity contribution in [1.29, 1.82) is 0 Å². The second kappa shape index (κ2) is 13.9. The van der Waals surface area contributed by atoms with Crippen LogP contribution < -0.4 is 10.7 Å². The first-order valence-electron chi connectivity index (χ1n) is 14.2. The van der Waals surface area contributed by atoms with Gasteiger partial charge in [0, 0.05) is 23.2 Å². The van der Waals surface area contributed by atoms with Gasteiger partial charge in [0.15, 0.2) is 0 Å². The zero-order valence-electron chi connectivity index (χ0n) is 23.0. The summed E-state index contributed by atoms with van der Waals surface area (Å²) in [6.07, 6.45) is 7.79. The molecule has 3 aromatic carbocycles. The van der Waals surface area contributed by atoms with E-state index in [9.17, 15) is 14.0 Å². The maximum atomic E-state index is 13.2. The summed E-state index contributed by atoms with van der Waals surface area (Å²) in [5.41, 5.74) is 5.15. The molecule has 2 amide bonds. The first-order chi connectivity index (χ1) is 19.9. The third-order valence-electron chi connectivity index (χ3n) is 7.78. The number of nitrogens with zero attached hydrogens (tertiary/aromatic N) is 3. The highest BCUT2D eigenvalue weighted by molar-refractivity contribution is 6.31. The van der Waals surface area contributed by atoms with E-state index in [1.165, 1.54) is 69.6 Å². The molecule has 5 rings (SSSR count). The summed E-state index contributed by atoms with van der Waals surface area (Å²) < 4.78 is 13.1. The predicted molar refractivity (Wildman–Crippen MR) is 161 cm³/mol. The number of halogens is 2. The lowest BCUT2D eigenvalue weighted by atomic mass is 9.99. The summed E-state index contributed by atoms with van der Waals surface area (Å²) in [7, 11) is 0. The number of carbonyl (C=O) groups is 2. The van der Waals surface area contributed by atoms with Crippen molar-refractivity contribution in [3.8, 4) is 0 Å². The van der Waals surface area contributed by atoms with E-state index in [-0.39, 0.29) is 17.3 Å². The van der Waals surface area contributed by atoms with Gasteiger partial charge in [0.05, 0.1) is 17.5 Å². The summed E-state index contributed by atoms with van der Waals surface area (Å²) in [6, 6.07) is 18.7. The molecule has 0 atom stereocenters. The van der Waals surface area contributed by atoms with E-state index in [0.717, 1.165) is 25.2 Å². The van der Waals surface area contributed by atoms with E-state index in [0.29, 0.717) is 27.9 Å². The van der Waals surface area contributed by atoms with Gasteiger partial charge in [0.25, 0.3) is 11.8 Å². The third-order valence-corrected chi connectivity index (χ3v) is 8.02. The molecule has 9 heteroatoms. The fourth-order valence-corrected chi connectivity index (χ4v) is 5.75. The molecule has 0 spiro atoms. The Labute approximate surface area is 245 Å². The number of hydrazone groups is 1. The Balaban J connectivity index is 1.19. The van der Waals surface area contributed by atoms with Crippen LogP contribution in [0.5, 0.6) is 0 Å². The monoisotopic (exact) mass is 575 g/mol. The smallest absolute Gasteiger partial charge is 0.273 e. The molecule has 2 aliphatic rings. The van der Waals surface area contributed by atoms with Gasteiger partial charge in [-0.1, -0.05) is 42.3 Å². The summed E-state index contributed by atoms with van der Waals surface area (Å²) in [4.78, 5) is 31.2. The van der Waals surface area contributed by atoms with Gasteiger partial charge in [-0.05, 0) is 105 Å². The number of piperidine rings is 2. The van der Waals surface area contributed by atoms with Crippen LogP contribution in [-0.4, -0.2) is 60.0 Å². The molecule has 2 saturated heterocycles. The van der Waals surface area contributed by atoms with Crippen LogP contribution in [-0.2, 0) is 6.54 Å². The summed E-state index contributed by atoms with van der Waals surface area (Å²) >= 11 is 6.15. The van der Waals surface area contributed by atoms with Crippen molar-refractivity contribution < 1.29 is 14.0 Å². The van der Waals surface area contributed by atoms with Crippen molar-refractivity contribution in [2.45, 2.75) is 44.7 Å². The number of hydrogen-bond donors (Lipinski definition) is 2. The minimum Gasteiger partial charge on any atom is -0.321 e. The number of amides is 2. The molecule has 0 radical (unpaired) electrons. The average Bonchev–Trinajstić information content (AvgIpc) is 3.00. The second-order valence-corrected chi connectivity index (χ2v) is 11.1. The second-order valence-electron chi connectivity index (χ2n) is 10.7. The lowest BCUT2D eigenvalue weighted by Gasteiger charge is -2.40. The van der Waals surface area contributed by atoms with Gasteiger partial charge in [-0.25, -0.2) is 9.82 Å². The van der Waals surface area contributed by atoms with Gasteiger partial charge in [0.2, 0.25) is 0 Å². The quantitative estimate of drug-likeness (QED) is 0.257. The molecular formula is C32H35ClFN5O2. The third kappa shape index (κ3) is 8.00. The SMILES string of the molecule is O=C(Nc1ccc(Cl)cc1C(=O)N/N=C/c1ccc(F)cc1)c1cccc(CN2CCC(N3CCCCC3)CC2)c1. The van der Waals surface area contributed by atoms with Crippen LogP contribution in [0.15, 0.2) is 71.8 Å². The minimum absolute atomic E-state index is 0.176. The van der Waals surface area contributed by atoms with E-state index >= 15 is 0 Å². The highest BCUT2D eigenvalue weighted by Crippen LogP contribution is 2.24. The van der Waals surface area contributed by atoms with Crippen molar-refractivity contribution >= 4 is 35.3 Å². The highest BCUT2D eigenvalue weighted by atomic mass is 35.5. The van der Waals surface area contributed by atoms with Crippen LogP contribution in [0.2, 0.25) is 5.02 Å². The lowest BCUT2D eigenvalue weighted by Crippen LogP contribution is -2.46.